The maximum absolute atomic E-state index is 11.4. The fourth-order valence-corrected chi connectivity index (χ4v) is 3.13. The van der Waals surface area contributed by atoms with Gasteiger partial charge in [-0.1, -0.05) is 44.2 Å². The summed E-state index contributed by atoms with van der Waals surface area (Å²) in [5, 5.41) is 9.04. The molecule has 0 bridgehead atoms. The van der Waals surface area contributed by atoms with E-state index in [1.165, 1.54) is 14.0 Å². The van der Waals surface area contributed by atoms with E-state index in [2.05, 4.69) is 4.74 Å². The zero-order valence-electron chi connectivity index (χ0n) is 17.2. The highest BCUT2D eigenvalue weighted by atomic mass is 16.5. The Kier molecular flexibility index (Phi) is 9.25. The molecule has 0 fully saturated rings. The van der Waals surface area contributed by atoms with E-state index in [-0.39, 0.29) is 18.2 Å². The van der Waals surface area contributed by atoms with E-state index in [9.17, 15) is 14.4 Å². The molecule has 0 heterocycles. The molecule has 2 aromatic rings. The number of ketones is 2. The van der Waals surface area contributed by atoms with Crippen molar-refractivity contribution in [3.8, 4) is 0 Å². The van der Waals surface area contributed by atoms with Crippen molar-refractivity contribution in [1.82, 2.24) is 0 Å². The number of rotatable bonds is 6. The Morgan fingerprint density at radius 2 is 1.29 bits per heavy atom. The molecule has 0 radical (unpaired) electrons. The fraction of sp³-hybridized carbons (Fsp3) is 0.348. The number of carbonyl (C=O) groups excluding carboxylic acids is 3. The highest BCUT2D eigenvalue weighted by Crippen LogP contribution is 2.18. The zero-order valence-corrected chi connectivity index (χ0v) is 17.2. The summed E-state index contributed by atoms with van der Waals surface area (Å²) in [6, 6.07) is 10.6. The van der Waals surface area contributed by atoms with Crippen molar-refractivity contribution in [2.45, 2.75) is 47.1 Å². The van der Waals surface area contributed by atoms with Crippen LogP contribution in [0.1, 0.15) is 75.5 Å². The summed E-state index contributed by atoms with van der Waals surface area (Å²) in [5.41, 5.74) is 4.40. The van der Waals surface area contributed by atoms with E-state index in [1.807, 2.05) is 19.9 Å². The molecule has 0 saturated carbocycles. The Labute approximate surface area is 166 Å². The third-order valence-corrected chi connectivity index (χ3v) is 4.49. The van der Waals surface area contributed by atoms with Crippen molar-refractivity contribution >= 4 is 17.5 Å². The molecule has 0 unspecified atom stereocenters. The molecule has 0 saturated heterocycles. The Balaban J connectivity index is 0.000000283. The van der Waals surface area contributed by atoms with Gasteiger partial charge < -0.3 is 9.84 Å². The molecule has 0 spiro atoms. The lowest BCUT2D eigenvalue weighted by atomic mass is 9.96. The Morgan fingerprint density at radius 3 is 1.71 bits per heavy atom. The van der Waals surface area contributed by atoms with Crippen LogP contribution in [0, 0.1) is 0 Å². The first-order valence-corrected chi connectivity index (χ1v) is 9.25. The van der Waals surface area contributed by atoms with E-state index >= 15 is 0 Å². The van der Waals surface area contributed by atoms with Crippen LogP contribution in [-0.2, 0) is 24.2 Å². The molecule has 0 aliphatic heterocycles. The van der Waals surface area contributed by atoms with Crippen LogP contribution >= 0.6 is 0 Å². The zero-order chi connectivity index (χ0) is 21.3. The van der Waals surface area contributed by atoms with Gasteiger partial charge in [-0.3, -0.25) is 9.59 Å². The van der Waals surface area contributed by atoms with Gasteiger partial charge in [0.2, 0.25) is 0 Å². The molecule has 0 aromatic heterocycles. The Bertz CT molecular complexity index is 852. The number of Topliss-reactive ketones (excluding diaryl/α,β-unsaturated/α-hetero) is 2. The van der Waals surface area contributed by atoms with Crippen LogP contribution in [0.25, 0.3) is 0 Å². The van der Waals surface area contributed by atoms with E-state index < -0.39 is 5.97 Å². The van der Waals surface area contributed by atoms with E-state index in [0.717, 1.165) is 28.7 Å². The summed E-state index contributed by atoms with van der Waals surface area (Å²) in [5.74, 6) is -0.361. The summed E-state index contributed by atoms with van der Waals surface area (Å²) in [4.78, 5) is 34.0. The lowest BCUT2D eigenvalue weighted by Gasteiger charge is -2.09. The minimum atomic E-state index is -0.394. The maximum Gasteiger partial charge on any atom is 0.338 e. The molecule has 0 atom stereocenters. The molecular weight excluding hydrogens is 356 g/mol. The van der Waals surface area contributed by atoms with Gasteiger partial charge in [0, 0.05) is 11.1 Å². The number of carbonyl (C=O) groups is 3. The lowest BCUT2D eigenvalue weighted by Crippen LogP contribution is -2.09. The smallest absolute Gasteiger partial charge is 0.338 e. The van der Waals surface area contributed by atoms with Crippen molar-refractivity contribution in [3.63, 3.8) is 0 Å². The van der Waals surface area contributed by atoms with Gasteiger partial charge in [-0.05, 0) is 49.4 Å². The first-order valence-electron chi connectivity index (χ1n) is 9.25. The van der Waals surface area contributed by atoms with Crippen LogP contribution in [-0.4, -0.2) is 29.8 Å². The summed E-state index contributed by atoms with van der Waals surface area (Å²) >= 11 is 0. The Morgan fingerprint density at radius 1 is 0.821 bits per heavy atom. The molecule has 2 aromatic carbocycles. The van der Waals surface area contributed by atoms with Gasteiger partial charge in [-0.2, -0.15) is 0 Å². The summed E-state index contributed by atoms with van der Waals surface area (Å²) in [7, 11) is 1.34. The molecule has 0 aliphatic rings. The van der Waals surface area contributed by atoms with E-state index in [0.29, 0.717) is 17.5 Å². The number of ether oxygens (including phenoxy) is 1. The summed E-state index contributed by atoms with van der Waals surface area (Å²) in [6.45, 7) is 6.95. The second kappa shape index (κ2) is 11.1. The molecular formula is C23H28O5. The number of hydrogen-bond donors (Lipinski definition) is 1. The molecule has 150 valence electrons. The van der Waals surface area contributed by atoms with Crippen LogP contribution in [0.2, 0.25) is 0 Å². The largest absolute Gasteiger partial charge is 0.465 e. The SMILES string of the molecule is CCc1c(C(C)=O)cccc1C(=O)OC.CCc1c(CO)cccc1C(C)=O. The third-order valence-electron chi connectivity index (χ3n) is 4.49. The fourth-order valence-electron chi connectivity index (χ4n) is 3.13. The van der Waals surface area contributed by atoms with E-state index in [4.69, 9.17) is 5.11 Å². The number of methoxy groups -OCH3 is 1. The molecule has 0 amide bonds. The van der Waals surface area contributed by atoms with Crippen LogP contribution in [0.5, 0.6) is 0 Å². The topological polar surface area (TPSA) is 80.7 Å². The average molecular weight is 384 g/mol. The van der Waals surface area contributed by atoms with Gasteiger partial charge in [0.05, 0.1) is 19.3 Å². The quantitative estimate of drug-likeness (QED) is 0.597. The summed E-state index contributed by atoms with van der Waals surface area (Å²) in [6.07, 6.45) is 1.42. The number of benzene rings is 2. The van der Waals surface area contributed by atoms with Crippen LogP contribution in [0.3, 0.4) is 0 Å². The molecule has 1 N–H and O–H groups in total. The maximum atomic E-state index is 11.4. The van der Waals surface area contributed by atoms with Gasteiger partial charge in [0.15, 0.2) is 11.6 Å². The van der Waals surface area contributed by atoms with Crippen molar-refractivity contribution in [2.75, 3.05) is 7.11 Å². The second-order valence-corrected chi connectivity index (χ2v) is 6.24. The van der Waals surface area contributed by atoms with Crippen LogP contribution in [0.15, 0.2) is 36.4 Å². The molecule has 5 heteroatoms. The lowest BCUT2D eigenvalue weighted by molar-refractivity contribution is 0.0599. The van der Waals surface area contributed by atoms with Gasteiger partial charge in [0.25, 0.3) is 0 Å². The van der Waals surface area contributed by atoms with Crippen molar-refractivity contribution < 1.29 is 24.2 Å². The predicted molar refractivity (Wildman–Crippen MR) is 109 cm³/mol. The number of aliphatic hydroxyl groups is 1. The van der Waals surface area contributed by atoms with Crippen molar-refractivity contribution in [1.29, 1.82) is 0 Å². The van der Waals surface area contributed by atoms with E-state index in [1.54, 1.807) is 37.3 Å². The van der Waals surface area contributed by atoms with Gasteiger partial charge in [-0.15, -0.1) is 0 Å². The molecule has 5 nitrogen and oxygen atoms in total. The molecule has 2 rings (SSSR count). The highest BCUT2D eigenvalue weighted by Gasteiger charge is 2.15. The third kappa shape index (κ3) is 5.60. The van der Waals surface area contributed by atoms with Crippen molar-refractivity contribution in [3.05, 3.63) is 69.8 Å². The second-order valence-electron chi connectivity index (χ2n) is 6.24. The van der Waals surface area contributed by atoms with Gasteiger partial charge in [0.1, 0.15) is 0 Å². The molecule has 28 heavy (non-hydrogen) atoms. The number of hydrogen-bond acceptors (Lipinski definition) is 5. The normalized spacial score (nSPS) is 9.93. The minimum Gasteiger partial charge on any atom is -0.465 e. The number of esters is 1. The van der Waals surface area contributed by atoms with Crippen LogP contribution < -0.4 is 0 Å². The standard InChI is InChI=1S/C12H14O3.C11H14O2/c1-4-9-10(8(2)13)6-5-7-11(9)12(14)15-3;1-3-10-9(7-12)5-4-6-11(10)8(2)13/h5-7H,4H2,1-3H3;4-6,12H,3,7H2,1-2H3. The van der Waals surface area contributed by atoms with Crippen molar-refractivity contribution in [2.24, 2.45) is 0 Å². The first kappa shape index (κ1) is 23.2. The minimum absolute atomic E-state index is 0.00426. The average Bonchev–Trinajstić information content (AvgIpc) is 2.71. The van der Waals surface area contributed by atoms with Crippen LogP contribution in [0.4, 0.5) is 0 Å². The van der Waals surface area contributed by atoms with Gasteiger partial charge >= 0.3 is 5.97 Å². The molecule has 0 aliphatic carbocycles. The highest BCUT2D eigenvalue weighted by molar-refractivity contribution is 6.00. The first-order chi connectivity index (χ1) is 13.3. The van der Waals surface area contributed by atoms with Gasteiger partial charge in [-0.25, -0.2) is 4.79 Å². The number of aliphatic hydroxyl groups excluding tert-OH is 1. The Hall–Kier alpha value is -2.79. The summed E-state index contributed by atoms with van der Waals surface area (Å²) < 4.78 is 4.66. The predicted octanol–water partition coefficient (Wildman–Crippen LogP) is 4.18. The monoisotopic (exact) mass is 384 g/mol.